The second-order valence-corrected chi connectivity index (χ2v) is 8.91. The Morgan fingerprint density at radius 1 is 1.09 bits per heavy atom. The van der Waals surface area contributed by atoms with Crippen LogP contribution in [0.15, 0.2) is 6.07 Å². The van der Waals surface area contributed by atoms with Gasteiger partial charge in [-0.2, -0.15) is 0 Å². The Kier molecular flexibility index (Phi) is 3.72. The van der Waals surface area contributed by atoms with E-state index in [1.54, 1.807) is 0 Å². The summed E-state index contributed by atoms with van der Waals surface area (Å²) in [6.45, 7) is 10.7. The zero-order valence-electron chi connectivity index (χ0n) is 15.0. The van der Waals surface area contributed by atoms with Crippen molar-refractivity contribution in [2.24, 2.45) is 11.3 Å². The van der Waals surface area contributed by atoms with Crippen molar-refractivity contribution in [1.29, 1.82) is 0 Å². The third-order valence-electron chi connectivity index (χ3n) is 6.41. The molecule has 1 aromatic rings. The predicted molar refractivity (Wildman–Crippen MR) is 92.0 cm³/mol. The van der Waals surface area contributed by atoms with Crippen molar-refractivity contribution in [2.75, 3.05) is 0 Å². The van der Waals surface area contributed by atoms with Gasteiger partial charge in [0.1, 0.15) is 0 Å². The first kappa shape index (κ1) is 16.6. The minimum atomic E-state index is -0.358. The van der Waals surface area contributed by atoms with Gasteiger partial charge < -0.3 is 15.3 Å². The number of hydrogen-bond acceptors (Lipinski definition) is 3. The smallest absolute Gasteiger partial charge is 0.161 e. The normalized spacial score (nSPS) is 32.5. The lowest BCUT2D eigenvalue weighted by Crippen LogP contribution is -2.52. The van der Waals surface area contributed by atoms with Gasteiger partial charge in [-0.3, -0.25) is 0 Å². The van der Waals surface area contributed by atoms with Gasteiger partial charge >= 0.3 is 0 Å². The van der Waals surface area contributed by atoms with Crippen molar-refractivity contribution in [3.63, 3.8) is 0 Å². The largest absolute Gasteiger partial charge is 0.504 e. The Balaban J connectivity index is 2.22. The van der Waals surface area contributed by atoms with Crippen LogP contribution >= 0.6 is 0 Å². The minimum absolute atomic E-state index is 0.0264. The topological polar surface area (TPSA) is 60.7 Å². The Morgan fingerprint density at radius 2 is 1.74 bits per heavy atom. The predicted octanol–water partition coefficient (Wildman–Crippen LogP) is 4.22. The summed E-state index contributed by atoms with van der Waals surface area (Å²) < 4.78 is 0. The van der Waals surface area contributed by atoms with Crippen LogP contribution in [-0.2, 0) is 11.8 Å². The van der Waals surface area contributed by atoms with Crippen LogP contribution in [0.25, 0.3) is 0 Å². The van der Waals surface area contributed by atoms with Crippen LogP contribution in [0.2, 0.25) is 0 Å². The molecule has 1 fully saturated rings. The fourth-order valence-corrected chi connectivity index (χ4v) is 5.61. The van der Waals surface area contributed by atoms with Gasteiger partial charge in [-0.1, -0.05) is 40.7 Å². The highest BCUT2D eigenvalue weighted by Crippen LogP contribution is 2.60. The average Bonchev–Trinajstić information content (AvgIpc) is 2.39. The fourth-order valence-electron chi connectivity index (χ4n) is 5.61. The van der Waals surface area contributed by atoms with Crippen LogP contribution < -0.4 is 0 Å². The molecule has 23 heavy (non-hydrogen) atoms. The minimum Gasteiger partial charge on any atom is -0.504 e. The fraction of sp³-hybridized carbons (Fsp3) is 0.700. The third kappa shape index (κ3) is 2.36. The summed E-state index contributed by atoms with van der Waals surface area (Å²) in [5.74, 6) is 0.646. The molecule has 0 bridgehead atoms. The van der Waals surface area contributed by atoms with E-state index in [0.717, 1.165) is 36.0 Å². The van der Waals surface area contributed by atoms with Gasteiger partial charge in [0.25, 0.3) is 0 Å². The van der Waals surface area contributed by atoms with Crippen molar-refractivity contribution in [3.8, 4) is 11.5 Å². The highest BCUT2D eigenvalue weighted by molar-refractivity contribution is 5.59. The van der Waals surface area contributed by atoms with E-state index in [0.29, 0.717) is 12.3 Å². The number of fused-ring (bicyclic) bond motifs is 3. The molecular formula is C20H30O3. The van der Waals surface area contributed by atoms with E-state index < -0.39 is 0 Å². The first-order valence-corrected chi connectivity index (χ1v) is 8.84. The van der Waals surface area contributed by atoms with Crippen molar-refractivity contribution in [2.45, 2.75) is 77.7 Å². The van der Waals surface area contributed by atoms with Gasteiger partial charge in [0.05, 0.1) is 6.10 Å². The SMILES string of the molecule is CC(C)c1cc2c(c(O)c1O)[C@@]1(C)C[C@@H](O)CC(C)(C)[C@@H]1CC2. The number of aliphatic hydroxyl groups excluding tert-OH is 1. The van der Waals surface area contributed by atoms with Crippen molar-refractivity contribution >= 4 is 0 Å². The number of benzene rings is 1. The van der Waals surface area contributed by atoms with E-state index in [1.807, 2.05) is 13.8 Å². The molecule has 1 aromatic carbocycles. The molecule has 0 aliphatic heterocycles. The summed E-state index contributed by atoms with van der Waals surface area (Å²) in [5, 5.41) is 31.7. The standard InChI is InChI=1S/C20H30O3/c1-11(2)14-8-12-6-7-15-19(3,4)9-13(21)10-20(15,5)16(12)18(23)17(14)22/h8,11,13,15,21-23H,6-7,9-10H2,1-5H3/t13-,15-,20-/m0/s1. The Bertz CT molecular complexity index is 632. The zero-order valence-corrected chi connectivity index (χ0v) is 15.0. The van der Waals surface area contributed by atoms with Crippen LogP contribution in [0.1, 0.15) is 76.5 Å². The first-order chi connectivity index (χ1) is 10.6. The summed E-state index contributed by atoms with van der Waals surface area (Å²) in [5.41, 5.74) is 2.59. The van der Waals surface area contributed by atoms with Gasteiger partial charge in [-0.25, -0.2) is 0 Å². The van der Waals surface area contributed by atoms with E-state index in [9.17, 15) is 15.3 Å². The van der Waals surface area contributed by atoms with Gasteiger partial charge in [-0.15, -0.1) is 0 Å². The highest BCUT2D eigenvalue weighted by atomic mass is 16.3. The summed E-state index contributed by atoms with van der Waals surface area (Å²) in [6, 6.07) is 2.07. The molecule has 0 unspecified atom stereocenters. The molecule has 2 aliphatic rings. The summed E-state index contributed by atoms with van der Waals surface area (Å²) in [6.07, 6.45) is 3.11. The summed E-state index contributed by atoms with van der Waals surface area (Å²) in [7, 11) is 0. The van der Waals surface area contributed by atoms with Crippen molar-refractivity contribution < 1.29 is 15.3 Å². The summed E-state index contributed by atoms with van der Waals surface area (Å²) >= 11 is 0. The zero-order chi connectivity index (χ0) is 17.2. The molecule has 3 nitrogen and oxygen atoms in total. The van der Waals surface area contributed by atoms with Crippen LogP contribution in [0, 0.1) is 11.3 Å². The van der Waals surface area contributed by atoms with Crippen LogP contribution in [-0.4, -0.2) is 21.4 Å². The summed E-state index contributed by atoms with van der Waals surface area (Å²) in [4.78, 5) is 0. The molecule has 0 amide bonds. The molecule has 3 rings (SSSR count). The Morgan fingerprint density at radius 3 is 2.35 bits per heavy atom. The molecule has 2 aliphatic carbocycles. The van der Waals surface area contributed by atoms with Gasteiger partial charge in [-0.05, 0) is 48.5 Å². The maximum atomic E-state index is 10.8. The molecule has 0 aromatic heterocycles. The molecule has 3 N–H and O–H groups in total. The number of aryl methyl sites for hydroxylation is 1. The highest BCUT2D eigenvalue weighted by Gasteiger charge is 2.53. The maximum absolute atomic E-state index is 10.8. The lowest BCUT2D eigenvalue weighted by atomic mass is 9.49. The average molecular weight is 318 g/mol. The first-order valence-electron chi connectivity index (χ1n) is 8.84. The number of phenolic OH excluding ortho intramolecular Hbond substituents is 2. The van der Waals surface area contributed by atoms with Gasteiger partial charge in [0, 0.05) is 16.5 Å². The lowest BCUT2D eigenvalue weighted by Gasteiger charge is -2.55. The molecule has 1 saturated carbocycles. The van der Waals surface area contributed by atoms with Gasteiger partial charge in [0.15, 0.2) is 11.5 Å². The van der Waals surface area contributed by atoms with Gasteiger partial charge in [0.2, 0.25) is 0 Å². The van der Waals surface area contributed by atoms with Crippen LogP contribution in [0.5, 0.6) is 11.5 Å². The number of hydrogen-bond donors (Lipinski definition) is 3. The van der Waals surface area contributed by atoms with E-state index in [4.69, 9.17) is 0 Å². The molecule has 0 saturated heterocycles. The maximum Gasteiger partial charge on any atom is 0.161 e. The molecule has 3 heteroatoms. The monoisotopic (exact) mass is 318 g/mol. The van der Waals surface area contributed by atoms with Crippen molar-refractivity contribution in [1.82, 2.24) is 0 Å². The molecule has 128 valence electrons. The number of aliphatic hydroxyl groups is 1. The quantitative estimate of drug-likeness (QED) is 0.679. The van der Waals surface area contributed by atoms with E-state index in [1.165, 1.54) is 0 Å². The van der Waals surface area contributed by atoms with E-state index in [2.05, 4.69) is 26.8 Å². The number of phenols is 2. The number of aromatic hydroxyl groups is 2. The third-order valence-corrected chi connectivity index (χ3v) is 6.41. The second kappa shape index (κ2) is 5.14. The van der Waals surface area contributed by atoms with E-state index in [-0.39, 0.29) is 34.4 Å². The Labute approximate surface area is 139 Å². The van der Waals surface area contributed by atoms with Crippen LogP contribution in [0.3, 0.4) is 0 Å². The Hall–Kier alpha value is -1.22. The molecule has 0 spiro atoms. The van der Waals surface area contributed by atoms with Crippen LogP contribution in [0.4, 0.5) is 0 Å². The number of rotatable bonds is 1. The molecule has 3 atom stereocenters. The molecular weight excluding hydrogens is 288 g/mol. The molecule has 0 heterocycles. The second-order valence-electron chi connectivity index (χ2n) is 8.91. The van der Waals surface area contributed by atoms with Crippen molar-refractivity contribution in [3.05, 3.63) is 22.8 Å². The van der Waals surface area contributed by atoms with E-state index >= 15 is 0 Å². The lowest BCUT2D eigenvalue weighted by molar-refractivity contribution is -0.0392. The molecule has 0 radical (unpaired) electrons.